The fourth-order valence-corrected chi connectivity index (χ4v) is 6.34. The van der Waals surface area contributed by atoms with Gasteiger partial charge < -0.3 is 9.32 Å². The predicted octanol–water partition coefficient (Wildman–Crippen LogP) is 2.80. The van der Waals surface area contributed by atoms with Crippen molar-refractivity contribution in [3.63, 3.8) is 0 Å². The van der Waals surface area contributed by atoms with Gasteiger partial charge in [-0.15, -0.1) is 0 Å². The maximum Gasteiger partial charge on any atom is 0.237 e. The number of carbonyl (C=O) groups is 1. The molecule has 0 saturated carbocycles. The van der Waals surface area contributed by atoms with Crippen molar-refractivity contribution < 1.29 is 17.6 Å². The largest absolute Gasteiger partial charge is 0.467 e. The van der Waals surface area contributed by atoms with E-state index in [0.29, 0.717) is 18.7 Å². The third kappa shape index (κ3) is 4.56. The van der Waals surface area contributed by atoms with E-state index in [2.05, 4.69) is 29.2 Å². The lowest BCUT2D eigenvalue weighted by Gasteiger charge is -2.35. The van der Waals surface area contributed by atoms with Gasteiger partial charge in [-0.05, 0) is 56.0 Å². The second-order valence-electron chi connectivity index (χ2n) is 8.18. The molecule has 1 amide bonds. The van der Waals surface area contributed by atoms with Crippen LogP contribution in [0.1, 0.15) is 42.2 Å². The monoisotopic (exact) mass is 416 g/mol. The predicted molar refractivity (Wildman–Crippen MR) is 111 cm³/mol. The van der Waals surface area contributed by atoms with Crippen molar-refractivity contribution >= 4 is 15.7 Å². The van der Waals surface area contributed by atoms with Crippen LogP contribution < -0.4 is 0 Å². The number of likely N-dealkylation sites (N-methyl/N-ethyl adjacent to an activating group) is 1. The summed E-state index contributed by atoms with van der Waals surface area (Å²) in [6.07, 6.45) is 5.28. The van der Waals surface area contributed by atoms with Crippen LogP contribution in [-0.4, -0.2) is 55.3 Å². The Bertz CT molecular complexity index is 955. The highest BCUT2D eigenvalue weighted by Gasteiger charge is 2.36. The fraction of sp³-hybridized carbons (Fsp3) is 0.500. The summed E-state index contributed by atoms with van der Waals surface area (Å²) in [7, 11) is -1.09. The maximum absolute atomic E-state index is 13.3. The molecule has 2 aromatic rings. The van der Waals surface area contributed by atoms with Gasteiger partial charge in [0.2, 0.25) is 5.91 Å². The highest BCUT2D eigenvalue weighted by molar-refractivity contribution is 7.91. The van der Waals surface area contributed by atoms with Gasteiger partial charge in [-0.2, -0.15) is 0 Å². The summed E-state index contributed by atoms with van der Waals surface area (Å²) in [4.78, 5) is 17.1. The van der Waals surface area contributed by atoms with Crippen LogP contribution in [0.4, 0.5) is 0 Å². The van der Waals surface area contributed by atoms with E-state index in [-0.39, 0.29) is 36.0 Å². The zero-order valence-electron chi connectivity index (χ0n) is 16.8. The van der Waals surface area contributed by atoms with Crippen molar-refractivity contribution in [2.75, 3.05) is 25.1 Å². The van der Waals surface area contributed by atoms with Gasteiger partial charge in [0, 0.05) is 12.1 Å². The van der Waals surface area contributed by atoms with Gasteiger partial charge in [-0.1, -0.05) is 24.3 Å². The minimum Gasteiger partial charge on any atom is -0.467 e. The molecule has 0 radical (unpaired) electrons. The quantitative estimate of drug-likeness (QED) is 0.724. The van der Waals surface area contributed by atoms with Crippen molar-refractivity contribution in [2.45, 2.75) is 44.3 Å². The molecule has 4 rings (SSSR count). The van der Waals surface area contributed by atoms with Crippen LogP contribution in [0.2, 0.25) is 0 Å². The molecule has 0 spiro atoms. The summed E-state index contributed by atoms with van der Waals surface area (Å²) in [5, 5.41) is 0. The van der Waals surface area contributed by atoms with Crippen LogP contribution in [0.25, 0.3) is 0 Å². The smallest absolute Gasteiger partial charge is 0.237 e. The Labute approximate surface area is 172 Å². The summed E-state index contributed by atoms with van der Waals surface area (Å²) < 4.78 is 29.4. The summed E-state index contributed by atoms with van der Waals surface area (Å²) in [5.41, 5.74) is 2.66. The number of nitrogens with zero attached hydrogens (tertiary/aromatic N) is 2. The van der Waals surface area contributed by atoms with Crippen LogP contribution in [0.3, 0.4) is 0 Å². The van der Waals surface area contributed by atoms with E-state index in [1.807, 2.05) is 13.1 Å². The molecule has 6 nitrogen and oxygen atoms in total. The summed E-state index contributed by atoms with van der Waals surface area (Å²) in [5.74, 6) is 0.809. The first-order valence-electron chi connectivity index (χ1n) is 10.2. The number of hydrogen-bond donors (Lipinski definition) is 0. The molecule has 156 valence electrons. The van der Waals surface area contributed by atoms with Crippen LogP contribution >= 0.6 is 0 Å². The topological polar surface area (TPSA) is 70.8 Å². The number of fused-ring (bicyclic) bond motifs is 1. The number of rotatable bonds is 6. The molecule has 1 aromatic heterocycles. The third-order valence-electron chi connectivity index (χ3n) is 6.13. The molecule has 29 heavy (non-hydrogen) atoms. The van der Waals surface area contributed by atoms with Gasteiger partial charge in [-0.3, -0.25) is 9.69 Å². The molecule has 1 saturated heterocycles. The second kappa shape index (κ2) is 8.32. The Morgan fingerprint density at radius 1 is 1.17 bits per heavy atom. The standard InChI is InChI=1S/C22H28N2O4S/c1-23(21-10-4-7-17-6-2-3-9-20(17)21)15-22(25)24(14-19-8-5-12-28-19)18-11-13-29(26,27)16-18/h2-3,5-6,8-9,12,18,21H,4,7,10-11,13-16H2,1H3/t18-,21+/m1/s1. The lowest BCUT2D eigenvalue weighted by atomic mass is 9.87. The average Bonchev–Trinajstić information content (AvgIpc) is 3.34. The van der Waals surface area contributed by atoms with E-state index in [1.165, 1.54) is 11.1 Å². The molecule has 1 aromatic carbocycles. The average molecular weight is 417 g/mol. The molecule has 0 bridgehead atoms. The summed E-state index contributed by atoms with van der Waals surface area (Å²) >= 11 is 0. The molecule has 1 aliphatic carbocycles. The van der Waals surface area contributed by atoms with Crippen LogP contribution in [0, 0.1) is 0 Å². The Kier molecular flexibility index (Phi) is 5.79. The minimum absolute atomic E-state index is 0.0371. The molecular formula is C22H28N2O4S. The second-order valence-corrected chi connectivity index (χ2v) is 10.4. The SMILES string of the molecule is CN(CC(=O)N(Cc1ccco1)[C@@H]1CCS(=O)(=O)C1)[C@H]1CCCc2ccccc21. The highest BCUT2D eigenvalue weighted by Crippen LogP contribution is 2.33. The van der Waals surface area contributed by atoms with E-state index in [9.17, 15) is 13.2 Å². The first-order valence-corrected chi connectivity index (χ1v) is 12.1. The van der Waals surface area contributed by atoms with Crippen molar-refractivity contribution in [1.82, 2.24) is 9.80 Å². The Hall–Kier alpha value is -2.12. The first-order chi connectivity index (χ1) is 13.9. The van der Waals surface area contributed by atoms with Crippen molar-refractivity contribution in [3.8, 4) is 0 Å². The number of hydrogen-bond acceptors (Lipinski definition) is 5. The first kappa shape index (κ1) is 20.2. The molecule has 2 atom stereocenters. The van der Waals surface area contributed by atoms with Gasteiger partial charge >= 0.3 is 0 Å². The number of aryl methyl sites for hydroxylation is 1. The fourth-order valence-electron chi connectivity index (χ4n) is 4.61. The van der Waals surface area contributed by atoms with Gasteiger partial charge in [0.15, 0.2) is 9.84 Å². The van der Waals surface area contributed by atoms with Crippen molar-refractivity contribution in [3.05, 3.63) is 59.5 Å². The van der Waals surface area contributed by atoms with Crippen LogP contribution in [-0.2, 0) is 27.6 Å². The third-order valence-corrected chi connectivity index (χ3v) is 7.88. The highest BCUT2D eigenvalue weighted by atomic mass is 32.2. The van der Waals surface area contributed by atoms with Crippen LogP contribution in [0.15, 0.2) is 47.1 Å². The minimum atomic E-state index is -3.08. The van der Waals surface area contributed by atoms with Gasteiger partial charge in [0.25, 0.3) is 0 Å². The molecular weight excluding hydrogens is 388 g/mol. The van der Waals surface area contributed by atoms with E-state index >= 15 is 0 Å². The molecule has 0 unspecified atom stereocenters. The maximum atomic E-state index is 13.3. The van der Waals surface area contributed by atoms with E-state index in [1.54, 1.807) is 17.2 Å². The van der Waals surface area contributed by atoms with Gasteiger partial charge in [0.05, 0.1) is 30.9 Å². The molecule has 0 N–H and O–H groups in total. The van der Waals surface area contributed by atoms with E-state index < -0.39 is 9.84 Å². The Balaban J connectivity index is 1.50. The molecule has 7 heteroatoms. The number of amides is 1. The van der Waals surface area contributed by atoms with Crippen molar-refractivity contribution in [1.29, 1.82) is 0 Å². The normalized spacial score (nSPS) is 23.1. The zero-order chi connectivity index (χ0) is 20.4. The van der Waals surface area contributed by atoms with E-state index in [0.717, 1.165) is 19.3 Å². The molecule has 1 aliphatic heterocycles. The Morgan fingerprint density at radius 3 is 2.72 bits per heavy atom. The summed E-state index contributed by atoms with van der Waals surface area (Å²) in [6.45, 7) is 0.567. The van der Waals surface area contributed by atoms with Gasteiger partial charge in [0.1, 0.15) is 5.76 Å². The lowest BCUT2D eigenvalue weighted by Crippen LogP contribution is -2.46. The van der Waals surface area contributed by atoms with Crippen LogP contribution in [0.5, 0.6) is 0 Å². The lowest BCUT2D eigenvalue weighted by molar-refractivity contribution is -0.135. The van der Waals surface area contributed by atoms with Crippen molar-refractivity contribution in [2.24, 2.45) is 0 Å². The number of benzene rings is 1. The zero-order valence-corrected chi connectivity index (χ0v) is 17.6. The summed E-state index contributed by atoms with van der Waals surface area (Å²) in [6, 6.07) is 12.0. The number of sulfone groups is 1. The Morgan fingerprint density at radius 2 is 2.00 bits per heavy atom. The number of furan rings is 1. The molecule has 2 heterocycles. The molecule has 1 fully saturated rings. The molecule has 2 aliphatic rings. The number of carbonyl (C=O) groups excluding carboxylic acids is 1. The van der Waals surface area contributed by atoms with E-state index in [4.69, 9.17) is 4.42 Å². The van der Waals surface area contributed by atoms with Gasteiger partial charge in [-0.25, -0.2) is 8.42 Å².